The van der Waals surface area contributed by atoms with E-state index >= 15 is 0 Å². The number of hydrogen-bond acceptors (Lipinski definition) is 3. The average molecular weight is 354 g/mol. The van der Waals surface area contributed by atoms with Gasteiger partial charge in [-0.15, -0.1) is 0 Å². The second kappa shape index (κ2) is 8.06. The van der Waals surface area contributed by atoms with Crippen LogP contribution in [0.1, 0.15) is 0 Å². The van der Waals surface area contributed by atoms with Crippen molar-refractivity contribution in [1.29, 1.82) is 0 Å². The van der Waals surface area contributed by atoms with Gasteiger partial charge in [-0.25, -0.2) is 0 Å². The van der Waals surface area contributed by atoms with Crippen LogP contribution in [0.5, 0.6) is 5.75 Å². The molecule has 0 saturated carbocycles. The normalized spacial score (nSPS) is 10.4. The first-order valence-corrected chi connectivity index (χ1v) is 6.46. The molecule has 0 heterocycles. The quantitative estimate of drug-likeness (QED) is 0.704. The first-order valence-electron chi connectivity index (χ1n) is 4.88. The van der Waals surface area contributed by atoms with Crippen LogP contribution in [-0.4, -0.2) is 33.5 Å². The van der Waals surface area contributed by atoms with Gasteiger partial charge in [0.2, 0.25) is 0 Å². The van der Waals surface area contributed by atoms with Crippen LogP contribution in [0.4, 0.5) is 0 Å². The molecule has 16 heavy (non-hydrogen) atoms. The zero-order valence-corrected chi connectivity index (χ0v) is 12.2. The summed E-state index contributed by atoms with van der Waals surface area (Å²) in [5.74, 6) is 0.816. The molecule has 0 bridgehead atoms. The zero-order valence-electron chi connectivity index (χ0n) is 9.04. The van der Waals surface area contributed by atoms with Crippen LogP contribution in [-0.2, 0) is 9.47 Å². The van der Waals surface area contributed by atoms with E-state index in [-0.39, 0.29) is 0 Å². The third-order valence-corrected chi connectivity index (χ3v) is 2.68. The summed E-state index contributed by atoms with van der Waals surface area (Å²) in [7, 11) is 1.65. The lowest BCUT2D eigenvalue weighted by molar-refractivity contribution is 0.0544. The van der Waals surface area contributed by atoms with E-state index in [9.17, 15) is 0 Å². The van der Waals surface area contributed by atoms with Crippen LogP contribution in [0.15, 0.2) is 27.1 Å². The molecule has 1 aromatic carbocycles. The highest BCUT2D eigenvalue weighted by molar-refractivity contribution is 9.11. The summed E-state index contributed by atoms with van der Waals surface area (Å²) in [4.78, 5) is 0. The van der Waals surface area contributed by atoms with Crippen LogP contribution in [0.25, 0.3) is 0 Å². The minimum atomic E-state index is 0.534. The Morgan fingerprint density at radius 2 is 1.56 bits per heavy atom. The fraction of sp³-hybridized carbons (Fsp3) is 0.455. The van der Waals surface area contributed by atoms with Crippen molar-refractivity contribution in [3.63, 3.8) is 0 Å². The Labute approximate surface area is 112 Å². The van der Waals surface area contributed by atoms with Crippen LogP contribution in [0.2, 0.25) is 0 Å². The van der Waals surface area contributed by atoms with E-state index in [4.69, 9.17) is 14.2 Å². The zero-order chi connectivity index (χ0) is 11.8. The van der Waals surface area contributed by atoms with Gasteiger partial charge in [-0.3, -0.25) is 0 Å². The molecule has 90 valence electrons. The molecule has 1 aromatic rings. The van der Waals surface area contributed by atoms with Crippen LogP contribution in [0.3, 0.4) is 0 Å². The first kappa shape index (κ1) is 14.0. The molecule has 1 rings (SSSR count). The molecule has 3 nitrogen and oxygen atoms in total. The minimum absolute atomic E-state index is 0.534. The highest BCUT2D eigenvalue weighted by Crippen LogP contribution is 2.24. The predicted molar refractivity (Wildman–Crippen MR) is 70.0 cm³/mol. The lowest BCUT2D eigenvalue weighted by atomic mass is 10.3. The van der Waals surface area contributed by atoms with Gasteiger partial charge in [0, 0.05) is 16.1 Å². The van der Waals surface area contributed by atoms with Crippen LogP contribution in [0, 0.1) is 0 Å². The van der Waals surface area contributed by atoms with E-state index in [1.54, 1.807) is 7.11 Å². The van der Waals surface area contributed by atoms with Gasteiger partial charge in [0.15, 0.2) is 0 Å². The smallest absolute Gasteiger partial charge is 0.121 e. The summed E-state index contributed by atoms with van der Waals surface area (Å²) >= 11 is 6.80. The van der Waals surface area contributed by atoms with Gasteiger partial charge in [-0.2, -0.15) is 0 Å². The number of benzene rings is 1. The Bertz CT molecular complexity index is 298. The molecule has 0 atom stereocenters. The number of ether oxygens (including phenoxy) is 3. The molecule has 0 aliphatic carbocycles. The van der Waals surface area contributed by atoms with Crippen molar-refractivity contribution in [2.45, 2.75) is 0 Å². The standard InChI is InChI=1S/C11H14Br2O3/c1-14-2-3-15-4-5-16-11-7-9(12)6-10(13)8-11/h6-8H,2-5H2,1H3. The van der Waals surface area contributed by atoms with Gasteiger partial charge in [-0.1, -0.05) is 31.9 Å². The van der Waals surface area contributed by atoms with Crippen molar-refractivity contribution in [2.75, 3.05) is 33.5 Å². The Morgan fingerprint density at radius 1 is 0.938 bits per heavy atom. The summed E-state index contributed by atoms with van der Waals surface area (Å²) in [5, 5.41) is 0. The van der Waals surface area contributed by atoms with Crippen LogP contribution >= 0.6 is 31.9 Å². The van der Waals surface area contributed by atoms with Crippen molar-refractivity contribution in [3.05, 3.63) is 27.1 Å². The van der Waals surface area contributed by atoms with Crippen molar-refractivity contribution in [1.82, 2.24) is 0 Å². The molecule has 0 fully saturated rings. The number of methoxy groups -OCH3 is 1. The minimum Gasteiger partial charge on any atom is -0.491 e. The Balaban J connectivity index is 2.21. The maximum Gasteiger partial charge on any atom is 0.121 e. The largest absolute Gasteiger partial charge is 0.491 e. The molecule has 0 unspecified atom stereocenters. The molecule has 0 aliphatic heterocycles. The van der Waals surface area contributed by atoms with Crippen molar-refractivity contribution >= 4 is 31.9 Å². The summed E-state index contributed by atoms with van der Waals surface area (Å²) in [6.07, 6.45) is 0. The van der Waals surface area contributed by atoms with Gasteiger partial charge in [0.1, 0.15) is 12.4 Å². The monoisotopic (exact) mass is 352 g/mol. The maximum absolute atomic E-state index is 5.52. The highest BCUT2D eigenvalue weighted by atomic mass is 79.9. The number of halogens is 2. The Morgan fingerprint density at radius 3 is 2.19 bits per heavy atom. The van der Waals surface area contributed by atoms with Gasteiger partial charge >= 0.3 is 0 Å². The molecule has 0 aliphatic rings. The van der Waals surface area contributed by atoms with E-state index in [0.29, 0.717) is 26.4 Å². The molecular formula is C11H14Br2O3. The molecule has 0 amide bonds. The molecule has 0 saturated heterocycles. The van der Waals surface area contributed by atoms with Gasteiger partial charge < -0.3 is 14.2 Å². The highest BCUT2D eigenvalue weighted by Gasteiger charge is 1.98. The summed E-state index contributed by atoms with van der Waals surface area (Å²) in [6, 6.07) is 5.79. The van der Waals surface area contributed by atoms with Crippen molar-refractivity contribution in [2.24, 2.45) is 0 Å². The van der Waals surface area contributed by atoms with E-state index in [1.165, 1.54) is 0 Å². The Kier molecular flexibility index (Phi) is 7.03. The molecular weight excluding hydrogens is 340 g/mol. The Hall–Kier alpha value is -0.100. The fourth-order valence-electron chi connectivity index (χ4n) is 1.07. The third-order valence-electron chi connectivity index (χ3n) is 1.76. The second-order valence-corrected chi connectivity index (χ2v) is 4.89. The van der Waals surface area contributed by atoms with Gasteiger partial charge in [0.05, 0.1) is 19.8 Å². The lowest BCUT2D eigenvalue weighted by Gasteiger charge is -2.07. The molecule has 0 radical (unpaired) electrons. The van der Waals surface area contributed by atoms with Gasteiger partial charge in [0.25, 0.3) is 0 Å². The number of hydrogen-bond donors (Lipinski definition) is 0. The summed E-state index contributed by atoms with van der Waals surface area (Å²) in [6.45, 7) is 2.31. The topological polar surface area (TPSA) is 27.7 Å². The molecule has 5 heteroatoms. The lowest BCUT2D eigenvalue weighted by Crippen LogP contribution is -2.09. The summed E-state index contributed by atoms with van der Waals surface area (Å²) in [5.41, 5.74) is 0. The molecule has 0 aromatic heterocycles. The first-order chi connectivity index (χ1) is 7.72. The molecule has 0 N–H and O–H groups in total. The summed E-state index contributed by atoms with van der Waals surface area (Å²) < 4.78 is 17.6. The van der Waals surface area contributed by atoms with Crippen molar-refractivity contribution < 1.29 is 14.2 Å². The number of rotatable bonds is 7. The van der Waals surface area contributed by atoms with E-state index in [1.807, 2.05) is 18.2 Å². The SMILES string of the molecule is COCCOCCOc1cc(Br)cc(Br)c1. The van der Waals surface area contributed by atoms with E-state index < -0.39 is 0 Å². The average Bonchev–Trinajstić information content (AvgIpc) is 2.22. The van der Waals surface area contributed by atoms with Crippen LogP contribution < -0.4 is 4.74 Å². The van der Waals surface area contributed by atoms with E-state index in [0.717, 1.165) is 14.7 Å². The second-order valence-electron chi connectivity index (χ2n) is 3.06. The van der Waals surface area contributed by atoms with E-state index in [2.05, 4.69) is 31.9 Å². The maximum atomic E-state index is 5.52. The predicted octanol–water partition coefficient (Wildman–Crippen LogP) is 3.25. The van der Waals surface area contributed by atoms with Gasteiger partial charge in [-0.05, 0) is 18.2 Å². The molecule has 0 spiro atoms. The fourth-order valence-corrected chi connectivity index (χ4v) is 2.33. The van der Waals surface area contributed by atoms with Crippen molar-refractivity contribution in [3.8, 4) is 5.75 Å². The third kappa shape index (κ3) is 5.84.